The second-order valence-corrected chi connectivity index (χ2v) is 8.78. The number of nitrogens with one attached hydrogen (secondary N) is 1. The lowest BCUT2D eigenvalue weighted by Gasteiger charge is -2.31. The molecule has 6 heteroatoms. The smallest absolute Gasteiger partial charge is 0.261 e. The minimum atomic E-state index is -0.575. The summed E-state index contributed by atoms with van der Waals surface area (Å²) in [6, 6.07) is 20.9. The molecular formula is C26H29BrN2O3. The molecule has 32 heavy (non-hydrogen) atoms. The van der Waals surface area contributed by atoms with Crippen LogP contribution < -0.4 is 10.1 Å². The van der Waals surface area contributed by atoms with Crippen molar-refractivity contribution in [3.8, 4) is 5.75 Å². The molecule has 3 aromatic rings. The van der Waals surface area contributed by atoms with Crippen LogP contribution in [0.15, 0.2) is 71.2 Å². The van der Waals surface area contributed by atoms with Crippen molar-refractivity contribution >= 4 is 38.5 Å². The summed E-state index contributed by atoms with van der Waals surface area (Å²) >= 11 is 3.60. The number of ether oxygens (including phenoxy) is 1. The Morgan fingerprint density at radius 1 is 1.00 bits per heavy atom. The predicted octanol–water partition coefficient (Wildman–Crippen LogP) is 5.31. The molecule has 0 unspecified atom stereocenters. The van der Waals surface area contributed by atoms with Gasteiger partial charge in [0.05, 0.1) is 4.47 Å². The summed E-state index contributed by atoms with van der Waals surface area (Å²) in [5, 5.41) is 5.04. The van der Waals surface area contributed by atoms with Crippen molar-refractivity contribution in [2.24, 2.45) is 0 Å². The highest BCUT2D eigenvalue weighted by Gasteiger charge is 2.29. The number of hydrogen-bond donors (Lipinski definition) is 1. The quantitative estimate of drug-likeness (QED) is 0.436. The first-order chi connectivity index (χ1) is 15.4. The summed E-state index contributed by atoms with van der Waals surface area (Å²) in [7, 11) is 0. The van der Waals surface area contributed by atoms with Gasteiger partial charge in [0, 0.05) is 12.6 Å². The van der Waals surface area contributed by atoms with E-state index in [1.165, 1.54) is 0 Å². The minimum absolute atomic E-state index is 0.00460. The Balaban J connectivity index is 1.81. The van der Waals surface area contributed by atoms with E-state index in [1.807, 2.05) is 87.5 Å². The summed E-state index contributed by atoms with van der Waals surface area (Å²) in [5.41, 5.74) is 0.962. The molecule has 3 aromatic carbocycles. The summed E-state index contributed by atoms with van der Waals surface area (Å²) in [5.74, 6) is 0.203. The Labute approximate surface area is 197 Å². The van der Waals surface area contributed by atoms with Gasteiger partial charge in [0.25, 0.3) is 5.91 Å². The number of nitrogens with zero attached hydrogens (tertiary/aromatic N) is 1. The standard InChI is InChI=1S/C26H29BrN2O3/c1-4-22(26(31)28-18(2)3)29(16-19-10-6-5-7-11-19)24(30)17-32-23-15-14-20-12-8-9-13-21(20)25(23)27/h5-15,18,22H,4,16-17H2,1-3H3,(H,28,31)/t22-/m1/s1. The van der Waals surface area contributed by atoms with Crippen LogP contribution in [0.4, 0.5) is 0 Å². The average Bonchev–Trinajstić information content (AvgIpc) is 2.78. The predicted molar refractivity (Wildman–Crippen MR) is 131 cm³/mol. The maximum Gasteiger partial charge on any atom is 0.261 e. The number of carbonyl (C=O) groups is 2. The van der Waals surface area contributed by atoms with E-state index in [2.05, 4.69) is 21.2 Å². The van der Waals surface area contributed by atoms with E-state index in [0.29, 0.717) is 18.7 Å². The minimum Gasteiger partial charge on any atom is -0.483 e. The van der Waals surface area contributed by atoms with Crippen LogP contribution in [0.3, 0.4) is 0 Å². The molecule has 0 saturated heterocycles. The molecule has 0 heterocycles. The van der Waals surface area contributed by atoms with Gasteiger partial charge in [-0.2, -0.15) is 0 Å². The summed E-state index contributed by atoms with van der Waals surface area (Å²) in [6.45, 7) is 5.92. The summed E-state index contributed by atoms with van der Waals surface area (Å²) in [4.78, 5) is 27.7. The largest absolute Gasteiger partial charge is 0.483 e. The molecule has 0 aliphatic carbocycles. The lowest BCUT2D eigenvalue weighted by atomic mass is 10.1. The van der Waals surface area contributed by atoms with Crippen molar-refractivity contribution in [2.45, 2.75) is 45.8 Å². The van der Waals surface area contributed by atoms with Gasteiger partial charge in [-0.05, 0) is 58.6 Å². The monoisotopic (exact) mass is 496 g/mol. The molecule has 0 fully saturated rings. The van der Waals surface area contributed by atoms with Gasteiger partial charge in [-0.15, -0.1) is 0 Å². The number of hydrogen-bond acceptors (Lipinski definition) is 3. The highest BCUT2D eigenvalue weighted by atomic mass is 79.9. The molecule has 0 aromatic heterocycles. The SMILES string of the molecule is CC[C@H](C(=O)NC(C)C)N(Cc1ccccc1)C(=O)COc1ccc2ccccc2c1Br. The van der Waals surface area contributed by atoms with E-state index in [0.717, 1.165) is 20.8 Å². The van der Waals surface area contributed by atoms with Crippen LogP contribution >= 0.6 is 15.9 Å². The van der Waals surface area contributed by atoms with Crippen molar-refractivity contribution in [1.82, 2.24) is 10.2 Å². The molecule has 0 spiro atoms. The summed E-state index contributed by atoms with van der Waals surface area (Å²) in [6.07, 6.45) is 0.511. The topological polar surface area (TPSA) is 58.6 Å². The third kappa shape index (κ3) is 5.88. The van der Waals surface area contributed by atoms with Crippen LogP contribution in [0.2, 0.25) is 0 Å². The van der Waals surface area contributed by atoms with Gasteiger partial charge in [0.15, 0.2) is 6.61 Å². The number of rotatable bonds is 9. The fourth-order valence-corrected chi connectivity index (χ4v) is 4.24. The van der Waals surface area contributed by atoms with Crippen LogP contribution in [-0.4, -0.2) is 35.4 Å². The Morgan fingerprint density at radius 2 is 1.69 bits per heavy atom. The first kappa shape index (κ1) is 23.8. The van der Waals surface area contributed by atoms with Gasteiger partial charge in [0.1, 0.15) is 11.8 Å². The zero-order valence-corrected chi connectivity index (χ0v) is 20.3. The fourth-order valence-electron chi connectivity index (χ4n) is 3.63. The van der Waals surface area contributed by atoms with Gasteiger partial charge in [-0.1, -0.05) is 67.6 Å². The first-order valence-electron chi connectivity index (χ1n) is 10.8. The molecule has 3 rings (SSSR count). The molecular weight excluding hydrogens is 468 g/mol. The van der Waals surface area contributed by atoms with Crippen molar-refractivity contribution in [3.05, 3.63) is 76.8 Å². The van der Waals surface area contributed by atoms with Crippen LogP contribution in [0.25, 0.3) is 10.8 Å². The molecule has 1 N–H and O–H groups in total. The van der Waals surface area contributed by atoms with Gasteiger partial charge in [0.2, 0.25) is 5.91 Å². The van der Waals surface area contributed by atoms with Crippen LogP contribution in [-0.2, 0) is 16.1 Å². The molecule has 1 atom stereocenters. The van der Waals surface area contributed by atoms with Crippen LogP contribution in [0.1, 0.15) is 32.8 Å². The first-order valence-corrected chi connectivity index (χ1v) is 11.6. The lowest BCUT2D eigenvalue weighted by molar-refractivity contribution is -0.143. The van der Waals surface area contributed by atoms with E-state index in [9.17, 15) is 9.59 Å². The molecule has 0 saturated carbocycles. The Hall–Kier alpha value is -2.86. The van der Waals surface area contributed by atoms with Gasteiger partial charge < -0.3 is 15.0 Å². The number of fused-ring (bicyclic) bond motifs is 1. The number of amides is 2. The Kier molecular flexibility index (Phi) is 8.28. The molecule has 0 aliphatic heterocycles. The van der Waals surface area contributed by atoms with Crippen molar-refractivity contribution in [2.75, 3.05) is 6.61 Å². The van der Waals surface area contributed by atoms with Crippen molar-refractivity contribution < 1.29 is 14.3 Å². The van der Waals surface area contributed by atoms with E-state index in [4.69, 9.17) is 4.74 Å². The van der Waals surface area contributed by atoms with Gasteiger partial charge >= 0.3 is 0 Å². The highest BCUT2D eigenvalue weighted by Crippen LogP contribution is 2.33. The normalized spacial score (nSPS) is 11.9. The zero-order chi connectivity index (χ0) is 23.1. The third-order valence-corrected chi connectivity index (χ3v) is 6.01. The molecule has 168 valence electrons. The van der Waals surface area contributed by atoms with Crippen molar-refractivity contribution in [3.63, 3.8) is 0 Å². The Morgan fingerprint density at radius 3 is 2.38 bits per heavy atom. The van der Waals surface area contributed by atoms with Gasteiger partial charge in [-0.3, -0.25) is 9.59 Å². The second kappa shape index (κ2) is 11.1. The number of benzene rings is 3. The summed E-state index contributed by atoms with van der Waals surface area (Å²) < 4.78 is 6.72. The zero-order valence-electron chi connectivity index (χ0n) is 18.7. The van der Waals surface area contributed by atoms with Crippen LogP contribution in [0.5, 0.6) is 5.75 Å². The van der Waals surface area contributed by atoms with Crippen molar-refractivity contribution in [1.29, 1.82) is 0 Å². The molecule has 0 aliphatic rings. The third-order valence-electron chi connectivity index (χ3n) is 5.19. The van der Waals surface area contributed by atoms with E-state index >= 15 is 0 Å². The molecule has 5 nitrogen and oxygen atoms in total. The average molecular weight is 497 g/mol. The van der Waals surface area contributed by atoms with E-state index in [1.54, 1.807) is 4.90 Å². The fraction of sp³-hybridized carbons (Fsp3) is 0.308. The molecule has 0 bridgehead atoms. The maximum absolute atomic E-state index is 13.3. The number of halogens is 1. The highest BCUT2D eigenvalue weighted by molar-refractivity contribution is 9.10. The lowest BCUT2D eigenvalue weighted by Crippen LogP contribution is -2.51. The molecule has 0 radical (unpaired) electrons. The molecule has 2 amide bonds. The second-order valence-electron chi connectivity index (χ2n) is 7.98. The van der Waals surface area contributed by atoms with E-state index < -0.39 is 6.04 Å². The van der Waals surface area contributed by atoms with E-state index in [-0.39, 0.29) is 24.5 Å². The van der Waals surface area contributed by atoms with Gasteiger partial charge in [-0.25, -0.2) is 0 Å². The maximum atomic E-state index is 13.3. The Bertz CT molecular complexity index is 1070. The number of carbonyl (C=O) groups excluding carboxylic acids is 2. The van der Waals surface area contributed by atoms with Crippen LogP contribution in [0, 0.1) is 0 Å².